The van der Waals surface area contributed by atoms with E-state index in [-0.39, 0.29) is 11.9 Å². The monoisotopic (exact) mass is 260 g/mol. The van der Waals surface area contributed by atoms with Crippen LogP contribution in [0, 0.1) is 12.7 Å². The Morgan fingerprint density at radius 2 is 2.11 bits per heavy atom. The summed E-state index contributed by atoms with van der Waals surface area (Å²) < 4.78 is 19.2. The van der Waals surface area contributed by atoms with Crippen LogP contribution < -0.4 is 10.1 Å². The van der Waals surface area contributed by atoms with E-state index in [1.807, 2.05) is 19.1 Å². The summed E-state index contributed by atoms with van der Waals surface area (Å²) in [6, 6.07) is 8.43. The van der Waals surface area contributed by atoms with Crippen LogP contribution in [0.3, 0.4) is 0 Å². The highest BCUT2D eigenvalue weighted by atomic mass is 19.1. The largest absolute Gasteiger partial charge is 0.497 e. The number of ether oxygens (including phenoxy) is 1. The molecule has 1 atom stereocenters. The molecular weight excluding hydrogens is 243 g/mol. The minimum Gasteiger partial charge on any atom is -0.497 e. The first-order chi connectivity index (χ1) is 9.17. The van der Waals surface area contributed by atoms with Gasteiger partial charge in [0.2, 0.25) is 0 Å². The molecular formula is C15H17FN2O. The molecule has 0 aliphatic carbocycles. The molecule has 0 radical (unpaired) electrons. The van der Waals surface area contributed by atoms with Gasteiger partial charge in [-0.05, 0) is 31.7 Å². The van der Waals surface area contributed by atoms with E-state index in [0.717, 1.165) is 11.3 Å². The summed E-state index contributed by atoms with van der Waals surface area (Å²) in [6.07, 6.45) is 1.72. The summed E-state index contributed by atoms with van der Waals surface area (Å²) in [5.74, 6) is 0.206. The number of benzene rings is 1. The number of nitrogens with zero attached hydrogens (tertiary/aromatic N) is 1. The Labute approximate surface area is 112 Å². The zero-order valence-electron chi connectivity index (χ0n) is 11.3. The maximum absolute atomic E-state index is 14.1. The van der Waals surface area contributed by atoms with E-state index in [1.165, 1.54) is 13.2 Å². The molecule has 100 valence electrons. The highest BCUT2D eigenvalue weighted by Gasteiger charge is 2.19. The number of aromatic nitrogens is 1. The van der Waals surface area contributed by atoms with Gasteiger partial charge >= 0.3 is 0 Å². The average Bonchev–Trinajstić information content (AvgIpc) is 2.43. The molecule has 1 unspecified atom stereocenters. The topological polar surface area (TPSA) is 34.1 Å². The molecule has 0 aliphatic rings. The van der Waals surface area contributed by atoms with Gasteiger partial charge in [-0.15, -0.1) is 0 Å². The Hall–Kier alpha value is -1.94. The van der Waals surface area contributed by atoms with Gasteiger partial charge in [-0.3, -0.25) is 4.98 Å². The second-order valence-corrected chi connectivity index (χ2v) is 4.31. The van der Waals surface area contributed by atoms with Crippen LogP contribution in [-0.4, -0.2) is 19.1 Å². The standard InChI is InChI=1S/C15H17FN2O/c1-10-5-4-8-18-14(10)15(17-2)12-7-6-11(19-3)9-13(12)16/h4-9,15,17H,1-3H3. The lowest BCUT2D eigenvalue weighted by molar-refractivity contribution is 0.410. The smallest absolute Gasteiger partial charge is 0.132 e. The number of rotatable bonds is 4. The predicted octanol–water partition coefficient (Wildman–Crippen LogP) is 2.85. The summed E-state index contributed by atoms with van der Waals surface area (Å²) >= 11 is 0. The van der Waals surface area contributed by atoms with Crippen molar-refractivity contribution in [3.63, 3.8) is 0 Å². The van der Waals surface area contributed by atoms with Crippen LogP contribution in [0.25, 0.3) is 0 Å². The van der Waals surface area contributed by atoms with Crippen molar-refractivity contribution in [3.05, 3.63) is 59.2 Å². The van der Waals surface area contributed by atoms with Crippen molar-refractivity contribution in [2.75, 3.05) is 14.2 Å². The predicted molar refractivity (Wildman–Crippen MR) is 72.8 cm³/mol. The van der Waals surface area contributed by atoms with Crippen LogP contribution in [0.5, 0.6) is 5.75 Å². The summed E-state index contributed by atoms with van der Waals surface area (Å²) in [5.41, 5.74) is 2.41. The fraction of sp³-hybridized carbons (Fsp3) is 0.267. The molecule has 0 spiro atoms. The van der Waals surface area contributed by atoms with Crippen molar-refractivity contribution in [3.8, 4) is 5.75 Å². The molecule has 0 aliphatic heterocycles. The molecule has 1 aromatic heterocycles. The quantitative estimate of drug-likeness (QED) is 0.918. The molecule has 19 heavy (non-hydrogen) atoms. The fourth-order valence-corrected chi connectivity index (χ4v) is 2.11. The SMILES string of the molecule is CNC(c1ccc(OC)cc1F)c1ncccc1C. The van der Waals surface area contributed by atoms with E-state index in [9.17, 15) is 4.39 Å². The maximum atomic E-state index is 14.1. The van der Waals surface area contributed by atoms with Crippen LogP contribution >= 0.6 is 0 Å². The van der Waals surface area contributed by atoms with Crippen LogP contribution in [-0.2, 0) is 0 Å². The van der Waals surface area contributed by atoms with Crippen molar-refractivity contribution >= 4 is 0 Å². The average molecular weight is 260 g/mol. The van der Waals surface area contributed by atoms with E-state index < -0.39 is 0 Å². The third-order valence-electron chi connectivity index (χ3n) is 3.13. The summed E-state index contributed by atoms with van der Waals surface area (Å²) in [5, 5.41) is 3.11. The van der Waals surface area contributed by atoms with Gasteiger partial charge in [-0.25, -0.2) is 4.39 Å². The second-order valence-electron chi connectivity index (χ2n) is 4.31. The van der Waals surface area contributed by atoms with Gasteiger partial charge in [0, 0.05) is 17.8 Å². The van der Waals surface area contributed by atoms with Crippen molar-refractivity contribution < 1.29 is 9.13 Å². The number of nitrogens with one attached hydrogen (secondary N) is 1. The fourth-order valence-electron chi connectivity index (χ4n) is 2.11. The Balaban J connectivity index is 2.46. The highest BCUT2D eigenvalue weighted by molar-refractivity contribution is 5.36. The lowest BCUT2D eigenvalue weighted by Crippen LogP contribution is -2.21. The first-order valence-corrected chi connectivity index (χ1v) is 6.09. The summed E-state index contributed by atoms with van der Waals surface area (Å²) in [7, 11) is 3.31. The molecule has 1 heterocycles. The van der Waals surface area contributed by atoms with Crippen molar-refractivity contribution in [1.29, 1.82) is 0 Å². The number of aryl methyl sites for hydroxylation is 1. The van der Waals surface area contributed by atoms with Crippen molar-refractivity contribution in [2.45, 2.75) is 13.0 Å². The van der Waals surface area contributed by atoms with E-state index in [1.54, 1.807) is 25.4 Å². The van der Waals surface area contributed by atoms with Gasteiger partial charge in [-0.2, -0.15) is 0 Å². The third-order valence-corrected chi connectivity index (χ3v) is 3.13. The molecule has 4 heteroatoms. The zero-order valence-corrected chi connectivity index (χ0v) is 11.3. The van der Waals surface area contributed by atoms with E-state index in [0.29, 0.717) is 11.3 Å². The van der Waals surface area contributed by atoms with Crippen LogP contribution in [0.1, 0.15) is 22.9 Å². The Bertz CT molecular complexity index is 572. The van der Waals surface area contributed by atoms with Crippen LogP contribution in [0.15, 0.2) is 36.5 Å². The van der Waals surface area contributed by atoms with Gasteiger partial charge in [0.1, 0.15) is 11.6 Å². The number of halogens is 1. The molecule has 3 nitrogen and oxygen atoms in total. The molecule has 2 aromatic rings. The van der Waals surface area contributed by atoms with Crippen LogP contribution in [0.4, 0.5) is 4.39 Å². The zero-order chi connectivity index (χ0) is 13.8. The van der Waals surface area contributed by atoms with Crippen molar-refractivity contribution in [1.82, 2.24) is 10.3 Å². The van der Waals surface area contributed by atoms with Gasteiger partial charge in [0.15, 0.2) is 0 Å². The van der Waals surface area contributed by atoms with Gasteiger partial charge in [-0.1, -0.05) is 12.1 Å². The minimum absolute atomic E-state index is 0.271. The molecule has 2 rings (SSSR count). The molecule has 1 N–H and O–H groups in total. The number of pyridine rings is 1. The maximum Gasteiger partial charge on any atom is 0.132 e. The molecule has 1 aromatic carbocycles. The molecule has 0 bridgehead atoms. The Morgan fingerprint density at radius 1 is 1.32 bits per heavy atom. The molecule has 0 amide bonds. The van der Waals surface area contributed by atoms with Gasteiger partial charge in [0.25, 0.3) is 0 Å². The lowest BCUT2D eigenvalue weighted by Gasteiger charge is -2.19. The van der Waals surface area contributed by atoms with Gasteiger partial charge in [0.05, 0.1) is 18.8 Å². The minimum atomic E-state index is -0.302. The van der Waals surface area contributed by atoms with E-state index in [4.69, 9.17) is 4.74 Å². The van der Waals surface area contributed by atoms with Crippen LogP contribution in [0.2, 0.25) is 0 Å². The molecule has 0 fully saturated rings. The molecule has 0 saturated carbocycles. The molecule has 0 saturated heterocycles. The van der Waals surface area contributed by atoms with E-state index >= 15 is 0 Å². The van der Waals surface area contributed by atoms with Crippen molar-refractivity contribution in [2.24, 2.45) is 0 Å². The third kappa shape index (κ3) is 2.74. The second kappa shape index (κ2) is 5.80. The summed E-state index contributed by atoms with van der Waals surface area (Å²) in [4.78, 5) is 4.35. The number of hydrogen-bond acceptors (Lipinski definition) is 3. The lowest BCUT2D eigenvalue weighted by atomic mass is 9.99. The van der Waals surface area contributed by atoms with E-state index in [2.05, 4.69) is 10.3 Å². The summed E-state index contributed by atoms with van der Waals surface area (Å²) in [6.45, 7) is 1.97. The normalized spacial score (nSPS) is 12.2. The van der Waals surface area contributed by atoms with Gasteiger partial charge < -0.3 is 10.1 Å². The Kier molecular flexibility index (Phi) is 4.12. The highest BCUT2D eigenvalue weighted by Crippen LogP contribution is 2.27. The first kappa shape index (κ1) is 13.5. The number of hydrogen-bond donors (Lipinski definition) is 1. The first-order valence-electron chi connectivity index (χ1n) is 6.09. The number of methoxy groups -OCH3 is 1. The Morgan fingerprint density at radius 3 is 2.68 bits per heavy atom.